The molecule has 4 heteroatoms. The molecule has 0 atom stereocenters. The highest BCUT2D eigenvalue weighted by molar-refractivity contribution is 5.74. The van der Waals surface area contributed by atoms with E-state index < -0.39 is 0 Å². The Hall–Kier alpha value is -0.770. The van der Waals surface area contributed by atoms with E-state index in [0.29, 0.717) is 13.1 Å². The number of nitrogens with two attached hydrogens (primary N) is 1. The van der Waals surface area contributed by atoms with Crippen molar-refractivity contribution in [1.82, 2.24) is 10.6 Å². The lowest BCUT2D eigenvalue weighted by Crippen LogP contribution is -2.61. The van der Waals surface area contributed by atoms with E-state index in [9.17, 15) is 4.79 Å². The van der Waals surface area contributed by atoms with Crippen LogP contribution in [-0.4, -0.2) is 24.7 Å². The Morgan fingerprint density at radius 1 is 1.12 bits per heavy atom. The third-order valence-electron chi connectivity index (χ3n) is 4.85. The van der Waals surface area contributed by atoms with Gasteiger partial charge in [-0.3, -0.25) is 0 Å². The quantitative estimate of drug-likeness (QED) is 0.690. The van der Waals surface area contributed by atoms with E-state index in [-0.39, 0.29) is 11.6 Å². The van der Waals surface area contributed by atoms with Crippen molar-refractivity contribution in [3.8, 4) is 0 Å². The van der Waals surface area contributed by atoms with E-state index in [1.807, 2.05) is 0 Å². The van der Waals surface area contributed by atoms with Gasteiger partial charge in [-0.1, -0.05) is 0 Å². The Labute approximate surface area is 103 Å². The lowest BCUT2D eigenvalue weighted by Gasteiger charge is -2.56. The summed E-state index contributed by atoms with van der Waals surface area (Å²) in [6.45, 7) is 1.08. The van der Waals surface area contributed by atoms with Gasteiger partial charge in [0.05, 0.1) is 0 Å². The van der Waals surface area contributed by atoms with Crippen LogP contribution in [0.15, 0.2) is 0 Å². The summed E-state index contributed by atoms with van der Waals surface area (Å²) in [5.74, 6) is 2.61. The van der Waals surface area contributed by atoms with Crippen molar-refractivity contribution in [2.75, 3.05) is 13.1 Å². The molecule has 4 saturated carbocycles. The highest BCUT2D eigenvalue weighted by Gasteiger charge is 2.51. The number of carbonyl (C=O) groups is 1. The summed E-state index contributed by atoms with van der Waals surface area (Å²) in [5.41, 5.74) is 5.51. The number of amides is 2. The third-order valence-corrected chi connectivity index (χ3v) is 4.85. The smallest absolute Gasteiger partial charge is 0.315 e. The second-order valence-corrected chi connectivity index (χ2v) is 6.37. The van der Waals surface area contributed by atoms with Gasteiger partial charge in [0.25, 0.3) is 0 Å². The number of rotatable bonds is 3. The summed E-state index contributed by atoms with van der Waals surface area (Å²) in [5, 5.41) is 6.09. The molecular weight excluding hydrogens is 214 g/mol. The lowest BCUT2D eigenvalue weighted by atomic mass is 9.53. The minimum atomic E-state index is -0.0163. The van der Waals surface area contributed by atoms with Crippen LogP contribution in [0, 0.1) is 17.8 Å². The van der Waals surface area contributed by atoms with E-state index in [1.54, 1.807) is 0 Å². The number of carbonyl (C=O) groups excluding carboxylic acids is 1. The SMILES string of the molecule is NCCNC(=O)NC12CC3CC(CC(C3)C1)C2. The minimum absolute atomic E-state index is 0.0163. The van der Waals surface area contributed by atoms with Gasteiger partial charge in [0.2, 0.25) is 0 Å². The van der Waals surface area contributed by atoms with E-state index in [0.717, 1.165) is 17.8 Å². The Balaban J connectivity index is 1.64. The molecule has 4 bridgehead atoms. The maximum atomic E-state index is 11.8. The second kappa shape index (κ2) is 4.16. The van der Waals surface area contributed by atoms with Crippen LogP contribution in [0.4, 0.5) is 4.79 Å². The van der Waals surface area contributed by atoms with Gasteiger partial charge in [-0.2, -0.15) is 0 Å². The molecule has 0 aromatic heterocycles. The predicted molar refractivity (Wildman–Crippen MR) is 66.5 cm³/mol. The summed E-state index contributed by atoms with van der Waals surface area (Å²) in [6.07, 6.45) is 7.83. The zero-order valence-electron chi connectivity index (χ0n) is 10.4. The average molecular weight is 237 g/mol. The first-order valence-electron chi connectivity index (χ1n) is 6.95. The second-order valence-electron chi connectivity index (χ2n) is 6.37. The van der Waals surface area contributed by atoms with Crippen molar-refractivity contribution in [3.05, 3.63) is 0 Å². The van der Waals surface area contributed by atoms with E-state index in [2.05, 4.69) is 10.6 Å². The number of hydrogen-bond donors (Lipinski definition) is 3. The molecule has 0 unspecified atom stereocenters. The lowest BCUT2D eigenvalue weighted by molar-refractivity contribution is -0.0135. The normalized spacial score (nSPS) is 42.5. The largest absolute Gasteiger partial charge is 0.337 e. The molecule has 0 aromatic rings. The maximum Gasteiger partial charge on any atom is 0.315 e. The van der Waals surface area contributed by atoms with Gasteiger partial charge in [-0.05, 0) is 56.3 Å². The molecular formula is C13H23N3O. The Bertz CT molecular complexity index is 281. The molecule has 4 N–H and O–H groups in total. The summed E-state index contributed by atoms with van der Waals surface area (Å²) >= 11 is 0. The van der Waals surface area contributed by atoms with Gasteiger partial charge in [0, 0.05) is 18.6 Å². The maximum absolute atomic E-state index is 11.8. The average Bonchev–Trinajstić information content (AvgIpc) is 2.23. The van der Waals surface area contributed by atoms with Crippen molar-refractivity contribution in [2.45, 2.75) is 44.1 Å². The molecule has 4 aliphatic rings. The molecule has 17 heavy (non-hydrogen) atoms. The van der Waals surface area contributed by atoms with Gasteiger partial charge in [-0.15, -0.1) is 0 Å². The summed E-state index contributed by atoms with van der Waals surface area (Å²) in [7, 11) is 0. The molecule has 0 spiro atoms. The number of nitrogens with one attached hydrogen (secondary N) is 2. The third kappa shape index (κ3) is 2.15. The number of urea groups is 1. The topological polar surface area (TPSA) is 67.1 Å². The Kier molecular flexibility index (Phi) is 2.77. The molecule has 0 heterocycles. The van der Waals surface area contributed by atoms with Crippen LogP contribution in [0.25, 0.3) is 0 Å². The zero-order valence-corrected chi connectivity index (χ0v) is 10.4. The van der Waals surface area contributed by atoms with E-state index in [4.69, 9.17) is 5.73 Å². The minimum Gasteiger partial charge on any atom is -0.337 e. The molecule has 96 valence electrons. The number of hydrogen-bond acceptors (Lipinski definition) is 2. The van der Waals surface area contributed by atoms with Gasteiger partial charge in [-0.25, -0.2) is 4.79 Å². The Morgan fingerprint density at radius 3 is 2.12 bits per heavy atom. The van der Waals surface area contributed by atoms with Crippen molar-refractivity contribution in [1.29, 1.82) is 0 Å². The summed E-state index contributed by atoms with van der Waals surface area (Å²) < 4.78 is 0. The van der Waals surface area contributed by atoms with Crippen molar-refractivity contribution in [3.63, 3.8) is 0 Å². The van der Waals surface area contributed by atoms with Crippen LogP contribution in [-0.2, 0) is 0 Å². The summed E-state index contributed by atoms with van der Waals surface area (Å²) in [4.78, 5) is 11.8. The van der Waals surface area contributed by atoms with Crippen LogP contribution in [0.3, 0.4) is 0 Å². The molecule has 0 radical (unpaired) electrons. The van der Waals surface area contributed by atoms with Crippen LogP contribution in [0.1, 0.15) is 38.5 Å². The highest BCUT2D eigenvalue weighted by Crippen LogP contribution is 2.55. The molecule has 0 saturated heterocycles. The van der Waals surface area contributed by atoms with Crippen LogP contribution < -0.4 is 16.4 Å². The van der Waals surface area contributed by atoms with Gasteiger partial charge >= 0.3 is 6.03 Å². The molecule has 2 amide bonds. The van der Waals surface area contributed by atoms with Crippen LogP contribution in [0.2, 0.25) is 0 Å². The fourth-order valence-electron chi connectivity index (χ4n) is 4.73. The first kappa shape index (κ1) is 11.3. The van der Waals surface area contributed by atoms with Gasteiger partial charge in [0.15, 0.2) is 0 Å². The van der Waals surface area contributed by atoms with Crippen molar-refractivity contribution in [2.24, 2.45) is 23.5 Å². The van der Waals surface area contributed by atoms with Crippen LogP contribution >= 0.6 is 0 Å². The molecule has 0 aliphatic heterocycles. The molecule has 0 aromatic carbocycles. The van der Waals surface area contributed by atoms with Crippen molar-refractivity contribution < 1.29 is 4.79 Å². The highest BCUT2D eigenvalue weighted by atomic mass is 16.2. The summed E-state index contributed by atoms with van der Waals surface area (Å²) in [6, 6.07) is -0.0163. The Morgan fingerprint density at radius 2 is 1.65 bits per heavy atom. The van der Waals surface area contributed by atoms with Gasteiger partial charge < -0.3 is 16.4 Å². The monoisotopic (exact) mass is 237 g/mol. The van der Waals surface area contributed by atoms with Crippen molar-refractivity contribution >= 4 is 6.03 Å². The molecule has 4 nitrogen and oxygen atoms in total. The molecule has 4 fully saturated rings. The fourth-order valence-corrected chi connectivity index (χ4v) is 4.73. The van der Waals surface area contributed by atoms with Gasteiger partial charge in [0.1, 0.15) is 0 Å². The van der Waals surface area contributed by atoms with E-state index >= 15 is 0 Å². The predicted octanol–water partition coefficient (Wildman–Crippen LogP) is 1.21. The standard InChI is InChI=1S/C13H23N3O/c14-1-2-15-12(17)16-13-6-9-3-10(7-13)5-11(4-9)8-13/h9-11H,1-8,14H2,(H2,15,16,17). The molecule has 4 aliphatic carbocycles. The molecule has 4 rings (SSSR count). The first-order chi connectivity index (χ1) is 8.19. The first-order valence-corrected chi connectivity index (χ1v) is 6.95. The van der Waals surface area contributed by atoms with Crippen LogP contribution in [0.5, 0.6) is 0 Å². The zero-order chi connectivity index (χ0) is 11.9. The fraction of sp³-hybridized carbons (Fsp3) is 0.923. The van der Waals surface area contributed by atoms with E-state index in [1.165, 1.54) is 38.5 Å².